The first-order valence-electron chi connectivity index (χ1n) is 2.61. The van der Waals surface area contributed by atoms with Crippen LogP contribution in [0.4, 0.5) is 0 Å². The van der Waals surface area contributed by atoms with Gasteiger partial charge in [-0.3, -0.25) is 9.89 Å². The summed E-state index contributed by atoms with van der Waals surface area (Å²) in [5.74, 6) is 0. The maximum atomic E-state index is 9.69. The standard InChI is InChI=1S/C5H6N2O3/c8-3-10-5(9)4-1-2-6-7-4/h1-3,5,9H,(H,6,7). The lowest BCUT2D eigenvalue weighted by molar-refractivity contribution is -0.153. The molecule has 0 aliphatic rings. The fourth-order valence-corrected chi connectivity index (χ4v) is 0.532. The maximum Gasteiger partial charge on any atom is 0.295 e. The van der Waals surface area contributed by atoms with E-state index in [0.717, 1.165) is 0 Å². The third-order valence-electron chi connectivity index (χ3n) is 0.960. The molecule has 0 fully saturated rings. The Morgan fingerprint density at radius 3 is 3.20 bits per heavy atom. The largest absolute Gasteiger partial charge is 0.432 e. The van der Waals surface area contributed by atoms with Crippen molar-refractivity contribution in [3.63, 3.8) is 0 Å². The average Bonchev–Trinajstić information content (AvgIpc) is 2.38. The molecule has 2 N–H and O–H groups in total. The van der Waals surface area contributed by atoms with Crippen LogP contribution in [0.5, 0.6) is 0 Å². The first kappa shape index (κ1) is 6.76. The molecule has 0 aliphatic heterocycles. The van der Waals surface area contributed by atoms with Gasteiger partial charge in [0.05, 0.1) is 0 Å². The quantitative estimate of drug-likeness (QED) is 0.443. The smallest absolute Gasteiger partial charge is 0.295 e. The van der Waals surface area contributed by atoms with Gasteiger partial charge in [-0.25, -0.2) is 0 Å². The molecule has 1 rings (SSSR count). The SMILES string of the molecule is O=COC(O)c1cc[nH]n1. The topological polar surface area (TPSA) is 75.2 Å². The van der Waals surface area contributed by atoms with Gasteiger partial charge in [0, 0.05) is 6.20 Å². The van der Waals surface area contributed by atoms with Gasteiger partial charge in [-0.05, 0) is 6.07 Å². The van der Waals surface area contributed by atoms with Crippen LogP contribution in [0, 0.1) is 0 Å². The highest BCUT2D eigenvalue weighted by atomic mass is 16.6. The fourth-order valence-electron chi connectivity index (χ4n) is 0.532. The number of carbonyl (C=O) groups excluding carboxylic acids is 1. The molecular formula is C5H6N2O3. The molecule has 0 spiro atoms. The van der Waals surface area contributed by atoms with E-state index in [1.807, 2.05) is 0 Å². The molecule has 1 aromatic rings. The molecule has 1 heterocycles. The fraction of sp³-hybridized carbons (Fsp3) is 0.200. The number of aromatic amines is 1. The van der Waals surface area contributed by atoms with Crippen LogP contribution >= 0.6 is 0 Å². The van der Waals surface area contributed by atoms with Gasteiger partial charge in [0.25, 0.3) is 6.47 Å². The van der Waals surface area contributed by atoms with Crippen molar-refractivity contribution < 1.29 is 14.6 Å². The second kappa shape index (κ2) is 2.98. The Bertz CT molecular complexity index is 197. The van der Waals surface area contributed by atoms with Crippen LogP contribution in [0.2, 0.25) is 0 Å². The van der Waals surface area contributed by atoms with E-state index in [1.165, 1.54) is 12.3 Å². The number of aliphatic hydroxyl groups excluding tert-OH is 1. The predicted octanol–water partition coefficient (Wildman–Crippen LogP) is -0.426. The summed E-state index contributed by atoms with van der Waals surface area (Å²) in [5, 5.41) is 14.9. The predicted molar refractivity (Wildman–Crippen MR) is 30.7 cm³/mol. The lowest BCUT2D eigenvalue weighted by Crippen LogP contribution is -2.01. The minimum absolute atomic E-state index is 0.166. The van der Waals surface area contributed by atoms with Gasteiger partial charge in [-0.2, -0.15) is 5.10 Å². The minimum atomic E-state index is -1.26. The van der Waals surface area contributed by atoms with Gasteiger partial charge < -0.3 is 9.84 Å². The van der Waals surface area contributed by atoms with Crippen molar-refractivity contribution in [3.05, 3.63) is 18.0 Å². The zero-order valence-electron chi connectivity index (χ0n) is 5.02. The van der Waals surface area contributed by atoms with Crippen LogP contribution < -0.4 is 0 Å². The number of H-pyrrole nitrogens is 1. The van der Waals surface area contributed by atoms with E-state index in [0.29, 0.717) is 0 Å². The number of carbonyl (C=O) groups is 1. The molecule has 0 aromatic carbocycles. The number of aromatic nitrogens is 2. The van der Waals surface area contributed by atoms with Crippen LogP contribution in [-0.4, -0.2) is 21.8 Å². The first-order chi connectivity index (χ1) is 4.84. The third-order valence-corrected chi connectivity index (χ3v) is 0.960. The number of ether oxygens (including phenoxy) is 1. The Kier molecular flexibility index (Phi) is 2.01. The number of hydrogen-bond donors (Lipinski definition) is 2. The number of nitrogens with one attached hydrogen (secondary N) is 1. The molecule has 0 saturated carbocycles. The summed E-state index contributed by atoms with van der Waals surface area (Å²) >= 11 is 0. The molecule has 0 aliphatic carbocycles. The summed E-state index contributed by atoms with van der Waals surface area (Å²) in [6.07, 6.45) is 0.260. The van der Waals surface area contributed by atoms with E-state index in [-0.39, 0.29) is 12.2 Å². The molecular weight excluding hydrogens is 136 g/mol. The van der Waals surface area contributed by atoms with E-state index >= 15 is 0 Å². The normalized spacial score (nSPS) is 12.5. The molecule has 5 heteroatoms. The van der Waals surface area contributed by atoms with Crippen molar-refractivity contribution >= 4 is 6.47 Å². The zero-order valence-corrected chi connectivity index (χ0v) is 5.02. The third kappa shape index (κ3) is 1.32. The summed E-state index contributed by atoms with van der Waals surface area (Å²) < 4.78 is 4.18. The van der Waals surface area contributed by atoms with Crippen LogP contribution in [0.15, 0.2) is 12.3 Å². The lowest BCUT2D eigenvalue weighted by atomic mass is 10.4. The van der Waals surface area contributed by atoms with Crippen molar-refractivity contribution in [3.8, 4) is 0 Å². The summed E-state index contributed by atoms with van der Waals surface area (Å²) in [7, 11) is 0. The molecule has 0 saturated heterocycles. The maximum absolute atomic E-state index is 9.69. The van der Waals surface area contributed by atoms with Gasteiger partial charge in [0.2, 0.25) is 6.29 Å². The van der Waals surface area contributed by atoms with Crippen molar-refractivity contribution in [1.29, 1.82) is 0 Å². The highest BCUT2D eigenvalue weighted by Gasteiger charge is 2.07. The van der Waals surface area contributed by atoms with Crippen LogP contribution in [0.1, 0.15) is 12.0 Å². The highest BCUT2D eigenvalue weighted by Crippen LogP contribution is 2.07. The van der Waals surface area contributed by atoms with Crippen LogP contribution in [0.25, 0.3) is 0 Å². The van der Waals surface area contributed by atoms with E-state index in [4.69, 9.17) is 5.11 Å². The Labute approximate surface area is 56.6 Å². The lowest BCUT2D eigenvalue weighted by Gasteiger charge is -2.02. The van der Waals surface area contributed by atoms with Crippen molar-refractivity contribution in [2.75, 3.05) is 0 Å². The van der Waals surface area contributed by atoms with Crippen LogP contribution in [-0.2, 0) is 9.53 Å². The Morgan fingerprint density at radius 2 is 2.70 bits per heavy atom. The molecule has 10 heavy (non-hydrogen) atoms. The second-order valence-electron chi connectivity index (χ2n) is 1.58. The van der Waals surface area contributed by atoms with Gasteiger partial charge in [-0.15, -0.1) is 0 Å². The molecule has 5 nitrogen and oxygen atoms in total. The molecule has 0 amide bonds. The molecule has 0 bridgehead atoms. The average molecular weight is 142 g/mol. The number of rotatable bonds is 3. The monoisotopic (exact) mass is 142 g/mol. The zero-order chi connectivity index (χ0) is 7.40. The summed E-state index contributed by atoms with van der Waals surface area (Å²) in [6, 6.07) is 1.51. The molecule has 1 atom stereocenters. The summed E-state index contributed by atoms with van der Waals surface area (Å²) in [4.78, 5) is 9.69. The van der Waals surface area contributed by atoms with Gasteiger partial charge >= 0.3 is 0 Å². The molecule has 0 radical (unpaired) electrons. The Hall–Kier alpha value is -1.36. The van der Waals surface area contributed by atoms with E-state index in [9.17, 15) is 4.79 Å². The molecule has 54 valence electrons. The van der Waals surface area contributed by atoms with Crippen molar-refractivity contribution in [2.24, 2.45) is 0 Å². The highest BCUT2D eigenvalue weighted by molar-refractivity contribution is 5.37. The summed E-state index contributed by atoms with van der Waals surface area (Å²) in [6.45, 7) is 0.166. The first-order valence-corrected chi connectivity index (χ1v) is 2.61. The van der Waals surface area contributed by atoms with E-state index < -0.39 is 6.29 Å². The Balaban J connectivity index is 2.58. The second-order valence-corrected chi connectivity index (χ2v) is 1.58. The molecule has 1 unspecified atom stereocenters. The van der Waals surface area contributed by atoms with Gasteiger partial charge in [0.15, 0.2) is 0 Å². The minimum Gasteiger partial charge on any atom is -0.432 e. The van der Waals surface area contributed by atoms with Crippen LogP contribution in [0.3, 0.4) is 0 Å². The number of aliphatic hydroxyl groups is 1. The van der Waals surface area contributed by atoms with Crippen molar-refractivity contribution in [1.82, 2.24) is 10.2 Å². The molecule has 1 aromatic heterocycles. The number of hydrogen-bond acceptors (Lipinski definition) is 4. The van der Waals surface area contributed by atoms with E-state index in [1.54, 1.807) is 0 Å². The van der Waals surface area contributed by atoms with Gasteiger partial charge in [0.1, 0.15) is 5.69 Å². The number of nitrogens with zero attached hydrogens (tertiary/aromatic N) is 1. The summed E-state index contributed by atoms with van der Waals surface area (Å²) in [5.41, 5.74) is 0.284. The van der Waals surface area contributed by atoms with Gasteiger partial charge in [-0.1, -0.05) is 0 Å². The Morgan fingerprint density at radius 1 is 1.90 bits per heavy atom. The van der Waals surface area contributed by atoms with E-state index in [2.05, 4.69) is 14.9 Å². The van der Waals surface area contributed by atoms with Crippen molar-refractivity contribution in [2.45, 2.75) is 6.29 Å².